The first-order chi connectivity index (χ1) is 21.1. The molecule has 0 aliphatic carbocycles. The van der Waals surface area contributed by atoms with Gasteiger partial charge in [0.25, 0.3) is 0 Å². The van der Waals surface area contributed by atoms with Gasteiger partial charge in [0.05, 0.1) is 26.8 Å². The van der Waals surface area contributed by atoms with Gasteiger partial charge in [0, 0.05) is 41.6 Å². The van der Waals surface area contributed by atoms with Gasteiger partial charge in [-0.05, 0) is 92.7 Å². The van der Waals surface area contributed by atoms with E-state index in [1.807, 2.05) is 66.9 Å². The number of ketones is 1. The number of carbonyl (C=O) groups is 1. The summed E-state index contributed by atoms with van der Waals surface area (Å²) < 4.78 is 1.91. The van der Waals surface area contributed by atoms with Crippen LogP contribution in [0.3, 0.4) is 0 Å². The number of hydrogen-bond donors (Lipinski definition) is 1. The molecular weight excluding hydrogens is 619 g/mol. The summed E-state index contributed by atoms with van der Waals surface area (Å²) in [5, 5.41) is 5.94. The lowest BCUT2D eigenvalue weighted by Crippen LogP contribution is -2.38. The standard InChI is InChI=1S/C34H37Cl3N4O3/c1-21-16-24(19-25(35)17-21)33(42)22(2)18-31(39-44-3)27(23-8-9-28(36)29(37)20-23)12-15-40-13-10-26(11-14-40)41-32-7-5-4-6-30(32)38-34(41)43/h4-9,16-17,19-20,22,26-27H,10-15,18H2,1-3H3,(H,38,43)/b39-31+. The molecule has 1 aromatic heterocycles. The number of halogens is 3. The summed E-state index contributed by atoms with van der Waals surface area (Å²) in [7, 11) is 1.52. The first-order valence-electron chi connectivity index (χ1n) is 14.9. The SMILES string of the molecule is CO/N=C(\CC(C)C(=O)c1cc(C)cc(Cl)c1)C(CCN1CCC(n2c(=O)[nH]c3ccccc32)CC1)c1ccc(Cl)c(Cl)c1. The predicted octanol–water partition coefficient (Wildman–Crippen LogP) is 8.32. The van der Waals surface area contributed by atoms with Gasteiger partial charge in [-0.25, -0.2) is 4.79 Å². The second-order valence-corrected chi connectivity index (χ2v) is 12.9. The normalized spacial score (nSPS) is 16.3. The van der Waals surface area contributed by atoms with Crippen LogP contribution in [0.25, 0.3) is 11.0 Å². The van der Waals surface area contributed by atoms with Crippen molar-refractivity contribution >= 4 is 57.3 Å². The summed E-state index contributed by atoms with van der Waals surface area (Å²) in [6.45, 7) is 6.37. The van der Waals surface area contributed by atoms with E-state index in [1.165, 1.54) is 7.11 Å². The highest BCUT2D eigenvalue weighted by Gasteiger charge is 2.28. The molecule has 4 aromatic rings. The van der Waals surface area contributed by atoms with Gasteiger partial charge in [-0.15, -0.1) is 0 Å². The van der Waals surface area contributed by atoms with E-state index in [4.69, 9.17) is 39.6 Å². The van der Waals surface area contributed by atoms with Crippen molar-refractivity contribution < 1.29 is 9.63 Å². The molecule has 0 amide bonds. The highest BCUT2D eigenvalue weighted by Crippen LogP contribution is 2.33. The molecule has 2 heterocycles. The number of likely N-dealkylation sites (tertiary alicyclic amines) is 1. The Bertz CT molecular complexity index is 1700. The number of para-hydroxylation sites is 2. The zero-order valence-electron chi connectivity index (χ0n) is 25.2. The first kappa shape index (κ1) is 32.3. The van der Waals surface area contributed by atoms with E-state index in [0.29, 0.717) is 27.1 Å². The van der Waals surface area contributed by atoms with Gasteiger partial charge in [-0.2, -0.15) is 0 Å². The number of nitrogens with zero attached hydrogens (tertiary/aromatic N) is 3. The average Bonchev–Trinajstić information content (AvgIpc) is 3.34. The number of piperidine rings is 1. The smallest absolute Gasteiger partial charge is 0.326 e. The van der Waals surface area contributed by atoms with E-state index < -0.39 is 0 Å². The van der Waals surface area contributed by atoms with E-state index in [2.05, 4.69) is 15.0 Å². The van der Waals surface area contributed by atoms with Crippen LogP contribution in [0, 0.1) is 12.8 Å². The van der Waals surface area contributed by atoms with Gasteiger partial charge in [-0.1, -0.05) is 65.1 Å². The number of carbonyl (C=O) groups excluding carboxylic acids is 1. The maximum absolute atomic E-state index is 13.5. The van der Waals surface area contributed by atoms with Crippen molar-refractivity contribution in [2.75, 3.05) is 26.7 Å². The number of hydrogen-bond acceptors (Lipinski definition) is 5. The summed E-state index contributed by atoms with van der Waals surface area (Å²) in [6.07, 6.45) is 2.91. The third kappa shape index (κ3) is 7.40. The molecule has 7 nitrogen and oxygen atoms in total. The van der Waals surface area contributed by atoms with E-state index in [0.717, 1.165) is 66.8 Å². The molecule has 0 spiro atoms. The molecule has 0 radical (unpaired) electrons. The third-order valence-corrected chi connectivity index (χ3v) is 9.48. The van der Waals surface area contributed by atoms with Crippen molar-refractivity contribution in [3.63, 3.8) is 0 Å². The van der Waals surface area contributed by atoms with Crippen LogP contribution in [0.15, 0.2) is 70.6 Å². The van der Waals surface area contributed by atoms with Gasteiger partial charge >= 0.3 is 5.69 Å². The van der Waals surface area contributed by atoms with Crippen LogP contribution in [0.2, 0.25) is 15.1 Å². The summed E-state index contributed by atoms with van der Waals surface area (Å²) >= 11 is 19.0. The fraction of sp³-hybridized carbons (Fsp3) is 0.382. The summed E-state index contributed by atoms with van der Waals surface area (Å²) in [4.78, 5) is 37.0. The average molecular weight is 656 g/mol. The number of Topliss-reactive ketones (excluding diaryl/α,β-unsaturated/α-hetero) is 1. The molecule has 2 atom stereocenters. The number of H-pyrrole nitrogens is 1. The van der Waals surface area contributed by atoms with Gasteiger partial charge in [0.15, 0.2) is 5.78 Å². The van der Waals surface area contributed by atoms with E-state index in [9.17, 15) is 9.59 Å². The Morgan fingerprint density at radius 2 is 1.80 bits per heavy atom. The molecule has 10 heteroatoms. The second-order valence-electron chi connectivity index (χ2n) is 11.7. The number of aromatic amines is 1. The Kier molecular flexibility index (Phi) is 10.5. The number of imidazole rings is 1. The maximum Gasteiger partial charge on any atom is 0.326 e. The minimum atomic E-state index is -0.350. The summed E-state index contributed by atoms with van der Waals surface area (Å²) in [6, 6.07) is 19.0. The molecule has 1 fully saturated rings. The Labute approximate surface area is 272 Å². The number of rotatable bonds is 11. The zero-order valence-corrected chi connectivity index (χ0v) is 27.4. The molecule has 1 saturated heterocycles. The first-order valence-corrected chi connectivity index (χ1v) is 16.1. The van der Waals surface area contributed by atoms with Crippen molar-refractivity contribution in [1.82, 2.24) is 14.5 Å². The van der Waals surface area contributed by atoms with Crippen LogP contribution in [0.4, 0.5) is 0 Å². The highest BCUT2D eigenvalue weighted by atomic mass is 35.5. The number of benzene rings is 3. The molecule has 1 N–H and O–H groups in total. The van der Waals surface area contributed by atoms with Crippen LogP contribution in [-0.2, 0) is 4.84 Å². The molecule has 2 unspecified atom stereocenters. The molecule has 232 valence electrons. The molecule has 3 aromatic carbocycles. The van der Waals surface area contributed by atoms with Gasteiger partial charge < -0.3 is 14.7 Å². The largest absolute Gasteiger partial charge is 0.399 e. The lowest BCUT2D eigenvalue weighted by Gasteiger charge is -2.33. The van der Waals surface area contributed by atoms with E-state index in [-0.39, 0.29) is 29.4 Å². The second kappa shape index (κ2) is 14.3. The van der Waals surface area contributed by atoms with E-state index in [1.54, 1.807) is 12.1 Å². The third-order valence-electron chi connectivity index (χ3n) is 8.53. The van der Waals surface area contributed by atoms with Crippen LogP contribution >= 0.6 is 34.8 Å². The quantitative estimate of drug-likeness (QED) is 0.100. The van der Waals surface area contributed by atoms with Gasteiger partial charge in [-0.3, -0.25) is 9.36 Å². The van der Waals surface area contributed by atoms with E-state index >= 15 is 0 Å². The zero-order chi connectivity index (χ0) is 31.4. The number of nitrogens with one attached hydrogen (secondary N) is 1. The maximum atomic E-state index is 13.5. The highest BCUT2D eigenvalue weighted by molar-refractivity contribution is 6.42. The number of aryl methyl sites for hydroxylation is 1. The number of aromatic nitrogens is 2. The molecule has 44 heavy (non-hydrogen) atoms. The van der Waals surface area contributed by atoms with Crippen molar-refractivity contribution in [1.29, 1.82) is 0 Å². The van der Waals surface area contributed by atoms with Crippen LogP contribution in [0.5, 0.6) is 0 Å². The van der Waals surface area contributed by atoms with Crippen LogP contribution in [0.1, 0.15) is 66.1 Å². The van der Waals surface area contributed by atoms with Crippen LogP contribution in [-0.4, -0.2) is 52.7 Å². The Morgan fingerprint density at radius 1 is 1.05 bits per heavy atom. The van der Waals surface area contributed by atoms with Crippen molar-refractivity contribution in [2.45, 2.75) is 51.5 Å². The molecule has 5 rings (SSSR count). The summed E-state index contributed by atoms with van der Waals surface area (Å²) in [5.74, 6) is -0.491. The molecule has 0 saturated carbocycles. The van der Waals surface area contributed by atoms with Crippen molar-refractivity contribution in [3.8, 4) is 0 Å². The van der Waals surface area contributed by atoms with Gasteiger partial charge in [0.2, 0.25) is 0 Å². The predicted molar refractivity (Wildman–Crippen MR) is 180 cm³/mol. The molecular formula is C34H37Cl3N4O3. The Morgan fingerprint density at radius 3 is 2.50 bits per heavy atom. The Hall–Kier alpha value is -3.10. The lowest BCUT2D eigenvalue weighted by atomic mass is 9.84. The van der Waals surface area contributed by atoms with Crippen LogP contribution < -0.4 is 5.69 Å². The van der Waals surface area contributed by atoms with Crippen molar-refractivity contribution in [3.05, 3.63) is 103 Å². The monoisotopic (exact) mass is 654 g/mol. The Balaban J connectivity index is 1.32. The molecule has 0 bridgehead atoms. The van der Waals surface area contributed by atoms with Gasteiger partial charge in [0.1, 0.15) is 7.11 Å². The van der Waals surface area contributed by atoms with Crippen molar-refractivity contribution in [2.24, 2.45) is 11.1 Å². The minimum absolute atomic E-state index is 0.00175. The fourth-order valence-electron chi connectivity index (χ4n) is 6.33. The topological polar surface area (TPSA) is 79.7 Å². The number of oxime groups is 1. The minimum Gasteiger partial charge on any atom is -0.399 e. The molecule has 1 aliphatic heterocycles. The fourth-order valence-corrected chi connectivity index (χ4v) is 6.93. The molecule has 1 aliphatic rings. The number of fused-ring (bicyclic) bond motifs is 1. The summed E-state index contributed by atoms with van der Waals surface area (Å²) in [5.41, 5.74) is 5.02. The lowest BCUT2D eigenvalue weighted by molar-refractivity contribution is 0.0931.